The minimum absolute atomic E-state index is 0. The van der Waals surface area contributed by atoms with E-state index in [1.165, 1.54) is 0 Å². The van der Waals surface area contributed by atoms with Crippen LogP contribution in [0.15, 0.2) is 53.7 Å². The number of aromatic nitrogens is 3. The van der Waals surface area contributed by atoms with Crippen molar-refractivity contribution in [2.75, 3.05) is 26.8 Å². The second kappa shape index (κ2) is 12.1. The average Bonchev–Trinajstić information content (AvgIpc) is 3.15. The number of pyridine rings is 1. The van der Waals surface area contributed by atoms with Crippen molar-refractivity contribution in [2.24, 2.45) is 4.99 Å². The minimum Gasteiger partial charge on any atom is -0.497 e. The third kappa shape index (κ3) is 6.77. The van der Waals surface area contributed by atoms with E-state index in [-0.39, 0.29) is 24.0 Å². The molecule has 3 aromatic rings. The SMILES string of the molecule is CCNC(=NCc1nnc2ccccn12)NCCCOc1cccc(OC)c1.I. The molecule has 0 saturated carbocycles. The Morgan fingerprint density at radius 1 is 1.10 bits per heavy atom. The summed E-state index contributed by atoms with van der Waals surface area (Å²) >= 11 is 0. The molecule has 0 unspecified atom stereocenters. The lowest BCUT2D eigenvalue weighted by atomic mass is 10.3. The van der Waals surface area contributed by atoms with Crippen LogP contribution in [0.1, 0.15) is 19.2 Å². The average molecular weight is 510 g/mol. The summed E-state index contributed by atoms with van der Waals surface area (Å²) in [6, 6.07) is 13.4. The fourth-order valence-corrected chi connectivity index (χ4v) is 2.65. The molecule has 2 aromatic heterocycles. The number of hydrogen-bond donors (Lipinski definition) is 2. The number of guanidine groups is 1. The highest BCUT2D eigenvalue weighted by molar-refractivity contribution is 14.0. The molecular formula is C20H27IN6O2. The van der Waals surface area contributed by atoms with Gasteiger partial charge >= 0.3 is 0 Å². The monoisotopic (exact) mass is 510 g/mol. The van der Waals surface area contributed by atoms with Crippen molar-refractivity contribution in [2.45, 2.75) is 19.9 Å². The molecule has 29 heavy (non-hydrogen) atoms. The van der Waals surface area contributed by atoms with Crippen LogP contribution in [0.3, 0.4) is 0 Å². The molecule has 156 valence electrons. The normalized spacial score (nSPS) is 11.0. The van der Waals surface area contributed by atoms with Gasteiger partial charge in [0.1, 0.15) is 18.0 Å². The number of ether oxygens (including phenoxy) is 2. The van der Waals surface area contributed by atoms with Gasteiger partial charge in [-0.15, -0.1) is 34.2 Å². The third-order valence-electron chi connectivity index (χ3n) is 4.03. The highest BCUT2D eigenvalue weighted by Gasteiger charge is 2.04. The van der Waals surface area contributed by atoms with Crippen LogP contribution in [0.2, 0.25) is 0 Å². The van der Waals surface area contributed by atoms with E-state index in [9.17, 15) is 0 Å². The summed E-state index contributed by atoms with van der Waals surface area (Å²) in [6.07, 6.45) is 2.78. The zero-order chi connectivity index (χ0) is 19.6. The van der Waals surface area contributed by atoms with E-state index in [4.69, 9.17) is 9.47 Å². The van der Waals surface area contributed by atoms with Crippen LogP contribution in [0.5, 0.6) is 11.5 Å². The van der Waals surface area contributed by atoms with Crippen LogP contribution >= 0.6 is 24.0 Å². The van der Waals surface area contributed by atoms with Gasteiger partial charge in [0.05, 0.1) is 13.7 Å². The molecule has 1 aromatic carbocycles. The molecule has 8 nitrogen and oxygen atoms in total. The molecule has 0 aliphatic heterocycles. The van der Waals surface area contributed by atoms with Crippen molar-refractivity contribution in [1.29, 1.82) is 0 Å². The summed E-state index contributed by atoms with van der Waals surface area (Å²) in [5, 5.41) is 14.9. The minimum atomic E-state index is 0. The Morgan fingerprint density at radius 2 is 1.97 bits per heavy atom. The standard InChI is InChI=1S/C20H26N6O2.HI/c1-3-21-20(23-15-19-25-24-18-10-4-5-12-26(18)19)22-11-7-13-28-17-9-6-8-16(14-17)27-2;/h4-6,8-10,12,14H,3,7,11,13,15H2,1-2H3,(H2,21,22,23);1H. The number of benzene rings is 1. The van der Waals surface area contributed by atoms with Crippen LogP contribution in [0.4, 0.5) is 0 Å². The number of fused-ring (bicyclic) bond motifs is 1. The van der Waals surface area contributed by atoms with E-state index < -0.39 is 0 Å². The topological polar surface area (TPSA) is 85.1 Å². The van der Waals surface area contributed by atoms with Gasteiger partial charge in [0.2, 0.25) is 0 Å². The first-order valence-corrected chi connectivity index (χ1v) is 9.38. The maximum atomic E-state index is 5.76. The smallest absolute Gasteiger partial charge is 0.191 e. The molecule has 9 heteroatoms. The largest absolute Gasteiger partial charge is 0.497 e. The Kier molecular flexibility index (Phi) is 9.48. The fraction of sp³-hybridized carbons (Fsp3) is 0.350. The molecule has 2 heterocycles. The van der Waals surface area contributed by atoms with E-state index in [1.54, 1.807) is 7.11 Å². The van der Waals surface area contributed by atoms with Crippen LogP contribution < -0.4 is 20.1 Å². The van der Waals surface area contributed by atoms with Crippen LogP contribution in [0, 0.1) is 0 Å². The number of rotatable bonds is 9. The molecule has 0 aliphatic rings. The Labute approximate surface area is 187 Å². The van der Waals surface area contributed by atoms with E-state index in [1.807, 2.05) is 60.0 Å². The van der Waals surface area contributed by atoms with E-state index in [0.29, 0.717) is 13.2 Å². The lowest BCUT2D eigenvalue weighted by Crippen LogP contribution is -2.38. The van der Waals surface area contributed by atoms with Crippen molar-refractivity contribution in [3.63, 3.8) is 0 Å². The van der Waals surface area contributed by atoms with Crippen LogP contribution in [-0.2, 0) is 6.54 Å². The van der Waals surface area contributed by atoms with Gasteiger partial charge < -0.3 is 20.1 Å². The van der Waals surface area contributed by atoms with Gasteiger partial charge in [-0.05, 0) is 37.6 Å². The third-order valence-corrected chi connectivity index (χ3v) is 4.03. The Hall–Kier alpha value is -2.56. The first kappa shape index (κ1) is 22.7. The number of nitrogens with zero attached hydrogens (tertiary/aromatic N) is 4. The summed E-state index contributed by atoms with van der Waals surface area (Å²) in [4.78, 5) is 4.60. The maximum Gasteiger partial charge on any atom is 0.191 e. The quantitative estimate of drug-likeness (QED) is 0.199. The van der Waals surface area contributed by atoms with Gasteiger partial charge in [-0.1, -0.05) is 12.1 Å². The predicted octanol–water partition coefficient (Wildman–Crippen LogP) is 2.88. The molecule has 3 rings (SSSR count). The molecule has 0 spiro atoms. The highest BCUT2D eigenvalue weighted by atomic mass is 127. The first-order valence-electron chi connectivity index (χ1n) is 9.38. The van der Waals surface area contributed by atoms with Crippen LogP contribution in [0.25, 0.3) is 5.65 Å². The number of halogens is 1. The lowest BCUT2D eigenvalue weighted by Gasteiger charge is -2.12. The molecule has 0 radical (unpaired) electrons. The number of methoxy groups -OCH3 is 1. The van der Waals surface area contributed by atoms with Gasteiger partial charge in [0.25, 0.3) is 0 Å². The Bertz CT molecular complexity index is 915. The molecule has 0 aliphatic carbocycles. The van der Waals surface area contributed by atoms with Crippen molar-refractivity contribution in [1.82, 2.24) is 25.2 Å². The molecule has 0 bridgehead atoms. The maximum absolute atomic E-state index is 5.76. The van der Waals surface area contributed by atoms with Crippen LogP contribution in [-0.4, -0.2) is 47.4 Å². The molecule has 0 amide bonds. The predicted molar refractivity (Wildman–Crippen MR) is 124 cm³/mol. The summed E-state index contributed by atoms with van der Waals surface area (Å²) in [5.41, 5.74) is 0.820. The molecule has 0 saturated heterocycles. The molecular weight excluding hydrogens is 483 g/mol. The zero-order valence-electron chi connectivity index (χ0n) is 16.7. The summed E-state index contributed by atoms with van der Waals surface area (Å²) in [5.74, 6) is 3.14. The second-order valence-electron chi connectivity index (χ2n) is 6.05. The van der Waals surface area contributed by atoms with Gasteiger partial charge in [-0.25, -0.2) is 4.99 Å². The molecule has 2 N–H and O–H groups in total. The van der Waals surface area contributed by atoms with Crippen molar-refractivity contribution >= 4 is 35.6 Å². The summed E-state index contributed by atoms with van der Waals surface area (Å²) < 4.78 is 12.9. The van der Waals surface area contributed by atoms with Gasteiger partial charge in [-0.3, -0.25) is 4.40 Å². The number of nitrogens with one attached hydrogen (secondary N) is 2. The van der Waals surface area contributed by atoms with Gasteiger partial charge in [0.15, 0.2) is 17.4 Å². The summed E-state index contributed by atoms with van der Waals surface area (Å²) in [6.45, 7) is 4.62. The summed E-state index contributed by atoms with van der Waals surface area (Å²) in [7, 11) is 1.65. The highest BCUT2D eigenvalue weighted by Crippen LogP contribution is 2.18. The van der Waals surface area contributed by atoms with Crippen molar-refractivity contribution in [3.8, 4) is 11.5 Å². The van der Waals surface area contributed by atoms with Crippen molar-refractivity contribution in [3.05, 3.63) is 54.5 Å². The zero-order valence-corrected chi connectivity index (χ0v) is 19.0. The van der Waals surface area contributed by atoms with E-state index in [0.717, 1.165) is 48.4 Å². The lowest BCUT2D eigenvalue weighted by molar-refractivity contribution is 0.308. The van der Waals surface area contributed by atoms with Gasteiger partial charge in [0, 0.05) is 25.4 Å². The number of hydrogen-bond acceptors (Lipinski definition) is 5. The molecule has 0 fully saturated rings. The van der Waals surface area contributed by atoms with Crippen molar-refractivity contribution < 1.29 is 9.47 Å². The molecule has 0 atom stereocenters. The van der Waals surface area contributed by atoms with Gasteiger partial charge in [-0.2, -0.15) is 0 Å². The first-order chi connectivity index (χ1) is 13.8. The van der Waals surface area contributed by atoms with E-state index >= 15 is 0 Å². The Balaban J connectivity index is 0.00000300. The van der Waals surface area contributed by atoms with E-state index in [2.05, 4.69) is 25.8 Å². The second-order valence-corrected chi connectivity index (χ2v) is 6.05. The number of aliphatic imine (C=N–C) groups is 1. The fourth-order valence-electron chi connectivity index (χ4n) is 2.65. The Morgan fingerprint density at radius 3 is 2.79 bits per heavy atom.